The molecule has 1 aromatic rings. The van der Waals surface area contributed by atoms with Crippen LogP contribution in [0.4, 0.5) is 17.8 Å². The third-order valence-corrected chi connectivity index (χ3v) is 2.55. The van der Waals surface area contributed by atoms with Gasteiger partial charge < -0.3 is 33.2 Å². The molecule has 9 N–H and O–H groups in total. The maximum atomic E-state index is 5.93. The van der Waals surface area contributed by atoms with Gasteiger partial charge in [0.1, 0.15) is 12.3 Å². The first-order chi connectivity index (χ1) is 9.92. The average Bonchev–Trinajstić information content (AvgIpc) is 2.46. The van der Waals surface area contributed by atoms with Gasteiger partial charge in [-0.1, -0.05) is 38.0 Å². The number of aromatic nitrogens is 3. The van der Waals surface area contributed by atoms with Crippen molar-refractivity contribution in [2.75, 3.05) is 16.0 Å². The fourth-order valence-corrected chi connectivity index (χ4v) is 1.46. The monoisotopic (exact) mass is 291 g/mol. The van der Waals surface area contributed by atoms with E-state index in [9.17, 15) is 0 Å². The Morgan fingerprint density at radius 2 is 1.52 bits per heavy atom. The van der Waals surface area contributed by atoms with Gasteiger partial charge in [-0.25, -0.2) is 0 Å². The number of nitrogens with two attached hydrogens (primary N) is 4. The summed E-state index contributed by atoms with van der Waals surface area (Å²) in [5.41, 5.74) is 23.2. The van der Waals surface area contributed by atoms with Crippen molar-refractivity contribution in [3.05, 3.63) is 38.0 Å². The molecule has 0 amide bonds. The van der Waals surface area contributed by atoms with E-state index in [4.69, 9.17) is 22.9 Å². The lowest BCUT2D eigenvalue weighted by Crippen LogP contribution is -2.51. The molecule has 0 aliphatic rings. The summed E-state index contributed by atoms with van der Waals surface area (Å²) in [6, 6.07) is 0. The highest BCUT2D eigenvalue weighted by molar-refractivity contribution is 5.45. The van der Waals surface area contributed by atoms with Gasteiger partial charge in [0.2, 0.25) is 17.8 Å². The van der Waals surface area contributed by atoms with Crippen LogP contribution < -0.4 is 33.2 Å². The van der Waals surface area contributed by atoms with Crippen LogP contribution in [0.15, 0.2) is 38.0 Å². The number of nitrogens with zero attached hydrogens (tertiary/aromatic N) is 4. The number of anilines is 3. The van der Waals surface area contributed by atoms with Crippen molar-refractivity contribution in [2.45, 2.75) is 18.5 Å². The van der Waals surface area contributed by atoms with E-state index in [1.165, 1.54) is 23.1 Å². The van der Waals surface area contributed by atoms with Crippen molar-refractivity contribution >= 4 is 17.8 Å². The molecule has 0 bridgehead atoms. The Hall–Kier alpha value is -2.49. The number of hydrogen-bond acceptors (Lipinski definition) is 9. The number of rotatable bonds is 8. The molecule has 9 heteroatoms. The summed E-state index contributed by atoms with van der Waals surface area (Å²) in [5, 5.41) is 2.80. The first kappa shape index (κ1) is 16.6. The summed E-state index contributed by atoms with van der Waals surface area (Å²) in [4.78, 5) is 13.6. The summed E-state index contributed by atoms with van der Waals surface area (Å²) < 4.78 is 0. The van der Waals surface area contributed by atoms with Crippen molar-refractivity contribution in [1.82, 2.24) is 15.0 Å². The molecule has 9 nitrogen and oxygen atoms in total. The van der Waals surface area contributed by atoms with E-state index >= 15 is 0 Å². The maximum absolute atomic E-state index is 5.93. The molecule has 0 aliphatic heterocycles. The molecule has 21 heavy (non-hydrogen) atoms. The first-order valence-corrected chi connectivity index (χ1v) is 6.13. The summed E-state index contributed by atoms with van der Waals surface area (Å²) in [6.45, 7) is 10.8. The largest absolute Gasteiger partial charge is 0.368 e. The van der Waals surface area contributed by atoms with Crippen LogP contribution in [0.3, 0.4) is 0 Å². The van der Waals surface area contributed by atoms with Crippen molar-refractivity contribution in [3.63, 3.8) is 0 Å². The van der Waals surface area contributed by atoms with Crippen LogP contribution in [0.1, 0.15) is 0 Å². The Morgan fingerprint density at radius 3 is 2.00 bits per heavy atom. The minimum Gasteiger partial charge on any atom is -0.368 e. The van der Waals surface area contributed by atoms with E-state index < -0.39 is 18.5 Å². The summed E-state index contributed by atoms with van der Waals surface area (Å²) >= 11 is 0. The zero-order valence-electron chi connectivity index (χ0n) is 11.7. The SMILES string of the molecule is C=CC(N)Nc1nc(N)nc(N(C(N)C=C)C(N)C=C)n1. The van der Waals surface area contributed by atoms with E-state index in [0.717, 1.165) is 0 Å². The second kappa shape index (κ2) is 7.33. The zero-order valence-corrected chi connectivity index (χ0v) is 11.7. The molecule has 1 aromatic heterocycles. The summed E-state index contributed by atoms with van der Waals surface area (Å²) in [5.74, 6) is 0.361. The molecule has 3 unspecified atom stereocenters. The molecule has 1 rings (SSSR count). The zero-order chi connectivity index (χ0) is 16.0. The van der Waals surface area contributed by atoms with Gasteiger partial charge in [0.25, 0.3) is 0 Å². The van der Waals surface area contributed by atoms with Crippen molar-refractivity contribution in [3.8, 4) is 0 Å². The van der Waals surface area contributed by atoms with Crippen molar-refractivity contribution in [1.29, 1.82) is 0 Å². The minimum atomic E-state index is -0.624. The van der Waals surface area contributed by atoms with Gasteiger partial charge in [0.15, 0.2) is 0 Å². The maximum Gasteiger partial charge on any atom is 0.235 e. The van der Waals surface area contributed by atoms with Crippen molar-refractivity contribution in [2.24, 2.45) is 17.2 Å². The third-order valence-electron chi connectivity index (χ3n) is 2.55. The molecule has 0 saturated heterocycles. The highest BCUT2D eigenvalue weighted by Crippen LogP contribution is 2.16. The molecule has 0 aliphatic carbocycles. The molecule has 0 saturated carbocycles. The van der Waals surface area contributed by atoms with E-state index in [0.29, 0.717) is 0 Å². The number of nitrogens with one attached hydrogen (secondary N) is 1. The van der Waals surface area contributed by atoms with Gasteiger partial charge in [-0.3, -0.25) is 0 Å². The predicted octanol–water partition coefficient (Wildman–Crippen LogP) is -0.915. The van der Waals surface area contributed by atoms with Crippen LogP contribution in [0, 0.1) is 0 Å². The standard InChI is InChI=1S/C12H21N9/c1-4-7(13)17-11-18-10(16)19-12(20-11)21(8(14)5-2)9(15)6-3/h4-9H,1-3,13-15H2,(H3,16,17,18,19,20). The van der Waals surface area contributed by atoms with Gasteiger partial charge in [-0.15, -0.1) is 0 Å². The van der Waals surface area contributed by atoms with E-state index in [1.54, 1.807) is 0 Å². The Kier molecular flexibility index (Phi) is 5.79. The molecule has 0 radical (unpaired) electrons. The Balaban J connectivity index is 3.21. The van der Waals surface area contributed by atoms with E-state index in [1.807, 2.05) is 0 Å². The highest BCUT2D eigenvalue weighted by Gasteiger charge is 2.21. The van der Waals surface area contributed by atoms with E-state index in [2.05, 4.69) is 40.0 Å². The second-order valence-electron chi connectivity index (χ2n) is 4.08. The van der Waals surface area contributed by atoms with Gasteiger partial charge in [-0.2, -0.15) is 15.0 Å². The highest BCUT2D eigenvalue weighted by atomic mass is 15.4. The predicted molar refractivity (Wildman–Crippen MR) is 84.9 cm³/mol. The van der Waals surface area contributed by atoms with Gasteiger partial charge in [0, 0.05) is 0 Å². The van der Waals surface area contributed by atoms with Crippen LogP contribution in [0.5, 0.6) is 0 Å². The minimum absolute atomic E-state index is 0.00344. The number of hydrogen-bond donors (Lipinski definition) is 5. The molecular formula is C12H21N9. The molecule has 1 heterocycles. The third kappa shape index (κ3) is 4.24. The molecule has 0 spiro atoms. The van der Waals surface area contributed by atoms with Crippen LogP contribution in [-0.4, -0.2) is 33.4 Å². The van der Waals surface area contributed by atoms with Gasteiger partial charge in [0.05, 0.1) is 6.17 Å². The molecular weight excluding hydrogens is 270 g/mol. The van der Waals surface area contributed by atoms with Crippen LogP contribution in [0.25, 0.3) is 0 Å². The van der Waals surface area contributed by atoms with Crippen LogP contribution in [-0.2, 0) is 0 Å². The second-order valence-corrected chi connectivity index (χ2v) is 4.08. The molecule has 0 fully saturated rings. The summed E-state index contributed by atoms with van der Waals surface area (Å²) in [6.07, 6.45) is 2.69. The van der Waals surface area contributed by atoms with Gasteiger partial charge in [-0.05, 0) is 0 Å². The normalized spacial score (nSPS) is 14.6. The number of nitrogen functional groups attached to an aromatic ring is 1. The molecule has 3 atom stereocenters. The first-order valence-electron chi connectivity index (χ1n) is 6.13. The van der Waals surface area contributed by atoms with Crippen molar-refractivity contribution < 1.29 is 0 Å². The lowest BCUT2D eigenvalue weighted by atomic mass is 10.3. The fraction of sp³-hybridized carbons (Fsp3) is 0.250. The quantitative estimate of drug-likeness (QED) is 0.302. The Labute approximate surface area is 123 Å². The lowest BCUT2D eigenvalue weighted by molar-refractivity contribution is 0.626. The fourth-order valence-electron chi connectivity index (χ4n) is 1.46. The van der Waals surface area contributed by atoms with Crippen LogP contribution in [0.2, 0.25) is 0 Å². The average molecular weight is 291 g/mol. The van der Waals surface area contributed by atoms with Crippen LogP contribution >= 0.6 is 0 Å². The molecule has 114 valence electrons. The molecule has 0 aromatic carbocycles. The van der Waals surface area contributed by atoms with E-state index in [-0.39, 0.29) is 17.8 Å². The smallest absolute Gasteiger partial charge is 0.235 e. The Morgan fingerprint density at radius 1 is 0.952 bits per heavy atom. The Bertz CT molecular complexity index is 501. The summed E-state index contributed by atoms with van der Waals surface area (Å²) in [7, 11) is 0. The topological polar surface area (TPSA) is 158 Å². The van der Waals surface area contributed by atoms with Gasteiger partial charge >= 0.3 is 0 Å². The lowest BCUT2D eigenvalue weighted by Gasteiger charge is -2.30.